The average molecular weight is 372 g/mol. The first-order chi connectivity index (χ1) is 13.6. The highest BCUT2D eigenvalue weighted by Gasteiger charge is 2.89. The van der Waals surface area contributed by atoms with Crippen LogP contribution in [0.3, 0.4) is 0 Å². The Morgan fingerprint density at radius 3 is 2.50 bits per heavy atom. The summed E-state index contributed by atoms with van der Waals surface area (Å²) in [5.41, 5.74) is 1.00. The Bertz CT molecular complexity index is 951. The number of carboxylic acids is 1. The summed E-state index contributed by atoms with van der Waals surface area (Å²) < 4.78 is 5.97. The fourth-order valence-corrected chi connectivity index (χ4v) is 6.38. The minimum atomic E-state index is -0.624. The lowest BCUT2D eigenvalue weighted by Gasteiger charge is -2.14. The van der Waals surface area contributed by atoms with Crippen LogP contribution in [-0.2, 0) is 4.79 Å². The van der Waals surface area contributed by atoms with Gasteiger partial charge in [0, 0.05) is 5.92 Å². The van der Waals surface area contributed by atoms with E-state index in [0.29, 0.717) is 0 Å². The van der Waals surface area contributed by atoms with E-state index >= 15 is 0 Å². The van der Waals surface area contributed by atoms with Gasteiger partial charge in [0.2, 0.25) is 0 Å². The number of para-hydroxylation sites is 1. The predicted molar refractivity (Wildman–Crippen MR) is 107 cm³/mol. The molecule has 0 radical (unpaired) electrons. The van der Waals surface area contributed by atoms with Crippen molar-refractivity contribution in [2.75, 3.05) is 0 Å². The van der Waals surface area contributed by atoms with Crippen LogP contribution in [0, 0.1) is 35.0 Å². The van der Waals surface area contributed by atoms with Crippen molar-refractivity contribution in [1.82, 2.24) is 0 Å². The highest BCUT2D eigenvalue weighted by atomic mass is 16.5. The van der Waals surface area contributed by atoms with Gasteiger partial charge in [0.25, 0.3) is 0 Å². The SMILES string of the molecule is C#CC(c1cccc(Oc2ccccc2)c1)C1CC12C(C(=O)O)C21CCCC1. The van der Waals surface area contributed by atoms with Crippen LogP contribution in [-0.4, -0.2) is 11.1 Å². The zero-order valence-corrected chi connectivity index (χ0v) is 15.8. The number of rotatable bonds is 5. The summed E-state index contributed by atoms with van der Waals surface area (Å²) in [7, 11) is 0. The van der Waals surface area contributed by atoms with Gasteiger partial charge in [-0.15, -0.1) is 6.42 Å². The molecule has 28 heavy (non-hydrogen) atoms. The molecule has 3 saturated carbocycles. The van der Waals surface area contributed by atoms with E-state index in [1.54, 1.807) is 0 Å². The third-order valence-electron chi connectivity index (χ3n) is 7.49. The van der Waals surface area contributed by atoms with E-state index in [2.05, 4.69) is 5.92 Å². The maximum atomic E-state index is 12.0. The monoisotopic (exact) mass is 372 g/mol. The van der Waals surface area contributed by atoms with Gasteiger partial charge in [-0.25, -0.2) is 0 Å². The molecule has 2 aromatic carbocycles. The highest BCUT2D eigenvalue weighted by molar-refractivity contribution is 5.79. The maximum Gasteiger partial charge on any atom is 0.307 e. The van der Waals surface area contributed by atoms with Crippen LogP contribution >= 0.6 is 0 Å². The largest absolute Gasteiger partial charge is 0.481 e. The number of carbonyl (C=O) groups is 1. The molecule has 3 nitrogen and oxygen atoms in total. The van der Waals surface area contributed by atoms with Crippen molar-refractivity contribution in [3.8, 4) is 23.8 Å². The Hall–Kier alpha value is -2.73. The molecule has 3 aliphatic carbocycles. The Morgan fingerprint density at radius 1 is 1.11 bits per heavy atom. The van der Waals surface area contributed by atoms with Gasteiger partial charge in [0.1, 0.15) is 11.5 Å². The summed E-state index contributed by atoms with van der Waals surface area (Å²) in [5.74, 6) is 3.93. The second-order valence-corrected chi connectivity index (χ2v) is 8.62. The lowest BCUT2D eigenvalue weighted by Crippen LogP contribution is -2.06. The zero-order valence-electron chi connectivity index (χ0n) is 15.8. The second kappa shape index (κ2) is 6.14. The van der Waals surface area contributed by atoms with Gasteiger partial charge in [0.15, 0.2) is 0 Å². The summed E-state index contributed by atoms with van der Waals surface area (Å²) in [6.45, 7) is 0. The van der Waals surface area contributed by atoms with Crippen molar-refractivity contribution in [3.63, 3.8) is 0 Å². The van der Waals surface area contributed by atoms with E-state index in [0.717, 1.165) is 49.2 Å². The van der Waals surface area contributed by atoms with Gasteiger partial charge < -0.3 is 9.84 Å². The maximum absolute atomic E-state index is 12.0. The Morgan fingerprint density at radius 2 is 1.82 bits per heavy atom. The first kappa shape index (κ1) is 17.4. The van der Waals surface area contributed by atoms with Crippen LogP contribution in [0.4, 0.5) is 0 Å². The van der Waals surface area contributed by atoms with Gasteiger partial charge in [-0.1, -0.05) is 49.1 Å². The normalized spacial score (nSPS) is 30.0. The topological polar surface area (TPSA) is 46.5 Å². The molecule has 5 rings (SSSR count). The van der Waals surface area contributed by atoms with Crippen molar-refractivity contribution in [2.45, 2.75) is 38.0 Å². The van der Waals surface area contributed by atoms with E-state index in [4.69, 9.17) is 11.2 Å². The molecule has 3 fully saturated rings. The number of aliphatic carboxylic acids is 1. The van der Waals surface area contributed by atoms with E-state index in [1.165, 1.54) is 0 Å². The lowest BCUT2D eigenvalue weighted by molar-refractivity contribution is -0.139. The van der Waals surface area contributed by atoms with Crippen molar-refractivity contribution >= 4 is 5.97 Å². The van der Waals surface area contributed by atoms with Crippen LogP contribution < -0.4 is 4.74 Å². The highest BCUT2D eigenvalue weighted by Crippen LogP contribution is 2.91. The quantitative estimate of drug-likeness (QED) is 0.707. The molecule has 3 heteroatoms. The summed E-state index contributed by atoms with van der Waals surface area (Å²) >= 11 is 0. The summed E-state index contributed by atoms with van der Waals surface area (Å²) in [6, 6.07) is 17.7. The molecule has 0 amide bonds. The minimum Gasteiger partial charge on any atom is -0.481 e. The van der Waals surface area contributed by atoms with Crippen LogP contribution in [0.1, 0.15) is 43.6 Å². The first-order valence-electron chi connectivity index (χ1n) is 10.1. The first-order valence-corrected chi connectivity index (χ1v) is 10.1. The van der Waals surface area contributed by atoms with Crippen LogP contribution in [0.25, 0.3) is 0 Å². The fourth-order valence-electron chi connectivity index (χ4n) is 6.38. The number of hydrogen-bond acceptors (Lipinski definition) is 2. The molecule has 142 valence electrons. The lowest BCUT2D eigenvalue weighted by atomic mass is 9.90. The molecular formula is C25H24O3. The number of benzene rings is 2. The molecule has 3 aliphatic rings. The van der Waals surface area contributed by atoms with Crippen molar-refractivity contribution in [3.05, 3.63) is 60.2 Å². The zero-order chi connectivity index (χ0) is 19.4. The van der Waals surface area contributed by atoms with Crippen molar-refractivity contribution in [2.24, 2.45) is 22.7 Å². The number of ether oxygens (including phenoxy) is 1. The third kappa shape index (κ3) is 2.34. The fraction of sp³-hybridized carbons (Fsp3) is 0.400. The molecule has 0 aromatic heterocycles. The second-order valence-electron chi connectivity index (χ2n) is 8.62. The molecule has 0 bridgehead atoms. The van der Waals surface area contributed by atoms with E-state index < -0.39 is 5.97 Å². The summed E-state index contributed by atoms with van der Waals surface area (Å²) in [5, 5.41) is 9.83. The van der Waals surface area contributed by atoms with Crippen LogP contribution in [0.5, 0.6) is 11.5 Å². The van der Waals surface area contributed by atoms with Gasteiger partial charge in [-0.05, 0) is 65.8 Å². The number of carboxylic acid groups (broad SMARTS) is 1. The molecule has 1 N–H and O–H groups in total. The third-order valence-corrected chi connectivity index (χ3v) is 7.49. The Kier molecular flexibility index (Phi) is 3.81. The van der Waals surface area contributed by atoms with Crippen LogP contribution in [0.2, 0.25) is 0 Å². The van der Waals surface area contributed by atoms with Crippen molar-refractivity contribution < 1.29 is 14.6 Å². The standard InChI is InChI=1S/C25H24O3/c1-2-20(17-9-8-12-19(15-17)28-18-10-4-3-5-11-18)21-16-25(21)22(23(26)27)24(25)13-6-7-14-24/h1,3-5,8-12,15,20-22H,6-7,13-14,16H2,(H,26,27). The average Bonchev–Trinajstić information content (AvgIpc) is 3.45. The minimum absolute atomic E-state index is 0.0107. The van der Waals surface area contributed by atoms with E-state index in [9.17, 15) is 9.90 Å². The predicted octanol–water partition coefficient (Wildman–Crippen LogP) is 5.48. The van der Waals surface area contributed by atoms with E-state index in [1.807, 2.05) is 54.6 Å². The number of terminal acetylenes is 1. The molecule has 0 aliphatic heterocycles. The molecule has 0 heterocycles. The van der Waals surface area contributed by atoms with Gasteiger partial charge in [-0.3, -0.25) is 4.79 Å². The molecule has 0 saturated heterocycles. The van der Waals surface area contributed by atoms with E-state index in [-0.39, 0.29) is 28.6 Å². The summed E-state index contributed by atoms with van der Waals surface area (Å²) in [4.78, 5) is 12.0. The Labute approximate surface area is 165 Å². The molecular weight excluding hydrogens is 348 g/mol. The summed E-state index contributed by atoms with van der Waals surface area (Å²) in [6.07, 6.45) is 11.3. The molecule has 2 aromatic rings. The van der Waals surface area contributed by atoms with Crippen molar-refractivity contribution in [1.29, 1.82) is 0 Å². The smallest absolute Gasteiger partial charge is 0.307 e. The molecule has 4 unspecified atom stereocenters. The van der Waals surface area contributed by atoms with Crippen LogP contribution in [0.15, 0.2) is 54.6 Å². The Balaban J connectivity index is 1.40. The number of fused-ring (bicyclic) bond motifs is 1. The number of hydrogen-bond donors (Lipinski definition) is 1. The van der Waals surface area contributed by atoms with Gasteiger partial charge in [-0.2, -0.15) is 0 Å². The molecule has 4 atom stereocenters. The van der Waals surface area contributed by atoms with Gasteiger partial charge in [0.05, 0.1) is 5.92 Å². The molecule has 2 spiro atoms. The van der Waals surface area contributed by atoms with Gasteiger partial charge >= 0.3 is 5.97 Å².